The molecule has 1 N–H and O–H groups in total. The second kappa shape index (κ2) is 8.94. The standard InChI is InChI=1S/C20H28N4O2/c1-15(2)21-20(25)17-10-13-24(14-11-17)12-6-9-18-22-19(23-26-18)16-7-4-3-5-8-16/h3-5,7-8,15,17H,6,9-14H2,1-2H3,(H,21,25). The topological polar surface area (TPSA) is 71.3 Å². The van der Waals surface area contributed by atoms with Crippen LogP contribution < -0.4 is 5.32 Å². The molecule has 1 saturated heterocycles. The van der Waals surface area contributed by atoms with E-state index in [0.29, 0.717) is 11.7 Å². The molecule has 1 amide bonds. The average molecular weight is 356 g/mol. The summed E-state index contributed by atoms with van der Waals surface area (Å²) in [5.41, 5.74) is 0.976. The van der Waals surface area contributed by atoms with Crippen LogP contribution in [-0.2, 0) is 11.2 Å². The molecule has 0 saturated carbocycles. The molecule has 0 spiro atoms. The molecule has 26 heavy (non-hydrogen) atoms. The second-order valence-corrected chi connectivity index (χ2v) is 7.26. The van der Waals surface area contributed by atoms with E-state index in [0.717, 1.165) is 50.9 Å². The Labute approximate surface area is 155 Å². The second-order valence-electron chi connectivity index (χ2n) is 7.26. The third-order valence-corrected chi connectivity index (χ3v) is 4.75. The summed E-state index contributed by atoms with van der Waals surface area (Å²) in [5, 5.41) is 7.08. The van der Waals surface area contributed by atoms with Gasteiger partial charge in [0.15, 0.2) is 0 Å². The zero-order chi connectivity index (χ0) is 18.4. The number of rotatable bonds is 7. The first kappa shape index (κ1) is 18.6. The van der Waals surface area contributed by atoms with Crippen molar-refractivity contribution in [3.05, 3.63) is 36.2 Å². The lowest BCUT2D eigenvalue weighted by Crippen LogP contribution is -2.42. The molecule has 3 rings (SSSR count). The Morgan fingerprint density at radius 3 is 2.69 bits per heavy atom. The lowest BCUT2D eigenvalue weighted by Gasteiger charge is -2.31. The first-order chi connectivity index (χ1) is 12.6. The number of piperidine rings is 1. The number of nitrogens with one attached hydrogen (secondary N) is 1. The number of amides is 1. The third-order valence-electron chi connectivity index (χ3n) is 4.75. The summed E-state index contributed by atoms with van der Waals surface area (Å²) in [6.45, 7) is 6.98. The van der Waals surface area contributed by atoms with Crippen molar-refractivity contribution < 1.29 is 9.32 Å². The van der Waals surface area contributed by atoms with E-state index in [4.69, 9.17) is 4.52 Å². The Morgan fingerprint density at radius 2 is 2.00 bits per heavy atom. The van der Waals surface area contributed by atoms with Gasteiger partial charge in [0.2, 0.25) is 17.6 Å². The molecule has 140 valence electrons. The van der Waals surface area contributed by atoms with Gasteiger partial charge >= 0.3 is 0 Å². The highest BCUT2D eigenvalue weighted by molar-refractivity contribution is 5.78. The largest absolute Gasteiger partial charge is 0.354 e. The van der Waals surface area contributed by atoms with Crippen molar-refractivity contribution >= 4 is 5.91 Å². The minimum atomic E-state index is 0.165. The summed E-state index contributed by atoms with van der Waals surface area (Å²) >= 11 is 0. The number of aryl methyl sites for hydroxylation is 1. The van der Waals surface area contributed by atoms with Crippen LogP contribution in [0.3, 0.4) is 0 Å². The van der Waals surface area contributed by atoms with Gasteiger partial charge in [-0.25, -0.2) is 0 Å². The van der Waals surface area contributed by atoms with Crippen molar-refractivity contribution in [2.45, 2.75) is 45.6 Å². The molecule has 1 aliphatic heterocycles. The number of hydrogen-bond acceptors (Lipinski definition) is 5. The fourth-order valence-electron chi connectivity index (χ4n) is 3.34. The van der Waals surface area contributed by atoms with Gasteiger partial charge in [0.05, 0.1) is 0 Å². The highest BCUT2D eigenvalue weighted by atomic mass is 16.5. The first-order valence-electron chi connectivity index (χ1n) is 9.52. The van der Waals surface area contributed by atoms with Crippen molar-refractivity contribution in [2.75, 3.05) is 19.6 Å². The highest BCUT2D eigenvalue weighted by Crippen LogP contribution is 2.19. The Kier molecular flexibility index (Phi) is 6.39. The molecule has 6 heteroatoms. The molecule has 0 atom stereocenters. The van der Waals surface area contributed by atoms with E-state index in [1.54, 1.807) is 0 Å². The van der Waals surface area contributed by atoms with Crippen LogP contribution in [0.4, 0.5) is 0 Å². The summed E-state index contributed by atoms with van der Waals surface area (Å²) in [5.74, 6) is 1.71. The third kappa shape index (κ3) is 5.14. The summed E-state index contributed by atoms with van der Waals surface area (Å²) in [7, 11) is 0. The molecule has 2 aromatic rings. The van der Waals surface area contributed by atoms with Crippen molar-refractivity contribution in [1.82, 2.24) is 20.4 Å². The van der Waals surface area contributed by atoms with Gasteiger partial charge in [-0.2, -0.15) is 4.98 Å². The summed E-state index contributed by atoms with van der Waals surface area (Å²) in [4.78, 5) is 19.0. The normalized spacial score (nSPS) is 16.1. The Morgan fingerprint density at radius 1 is 1.27 bits per heavy atom. The van der Waals surface area contributed by atoms with Crippen LogP contribution in [0.5, 0.6) is 0 Å². The van der Waals surface area contributed by atoms with E-state index in [1.165, 1.54) is 0 Å². The van der Waals surface area contributed by atoms with Crippen molar-refractivity contribution in [1.29, 1.82) is 0 Å². The summed E-state index contributed by atoms with van der Waals surface area (Å²) in [6, 6.07) is 10.1. The van der Waals surface area contributed by atoms with Gasteiger partial charge in [-0.3, -0.25) is 4.79 Å². The first-order valence-corrected chi connectivity index (χ1v) is 9.52. The molecule has 0 radical (unpaired) electrons. The van der Waals surface area contributed by atoms with Gasteiger partial charge in [-0.05, 0) is 52.7 Å². The zero-order valence-electron chi connectivity index (χ0n) is 15.6. The van der Waals surface area contributed by atoms with Gasteiger partial charge in [0.25, 0.3) is 0 Å². The molecular weight excluding hydrogens is 328 g/mol. The van der Waals surface area contributed by atoms with Crippen molar-refractivity contribution in [2.24, 2.45) is 5.92 Å². The van der Waals surface area contributed by atoms with E-state index in [-0.39, 0.29) is 17.9 Å². The number of hydrogen-bond donors (Lipinski definition) is 1. The molecule has 0 aliphatic carbocycles. The van der Waals surface area contributed by atoms with Gasteiger partial charge < -0.3 is 14.7 Å². The van der Waals surface area contributed by atoms with Crippen LogP contribution in [0.2, 0.25) is 0 Å². The van der Waals surface area contributed by atoms with Crippen LogP contribution in [0, 0.1) is 5.92 Å². The van der Waals surface area contributed by atoms with E-state index in [9.17, 15) is 4.79 Å². The molecule has 6 nitrogen and oxygen atoms in total. The monoisotopic (exact) mass is 356 g/mol. The van der Waals surface area contributed by atoms with Crippen LogP contribution in [0.25, 0.3) is 11.4 Å². The SMILES string of the molecule is CC(C)NC(=O)C1CCN(CCCc2nc(-c3ccccc3)no2)CC1. The Hall–Kier alpha value is -2.21. The van der Waals surface area contributed by atoms with E-state index in [2.05, 4.69) is 20.4 Å². The van der Waals surface area contributed by atoms with E-state index in [1.807, 2.05) is 44.2 Å². The molecule has 1 aliphatic rings. The zero-order valence-corrected chi connectivity index (χ0v) is 15.6. The Bertz CT molecular complexity index is 691. The van der Waals surface area contributed by atoms with Gasteiger partial charge in [0, 0.05) is 23.9 Å². The quantitative estimate of drug-likeness (QED) is 0.826. The van der Waals surface area contributed by atoms with Crippen LogP contribution >= 0.6 is 0 Å². The molecule has 1 aromatic heterocycles. The number of nitrogens with zero attached hydrogens (tertiary/aromatic N) is 3. The van der Waals surface area contributed by atoms with E-state index >= 15 is 0 Å². The van der Waals surface area contributed by atoms with Gasteiger partial charge in [-0.1, -0.05) is 35.5 Å². The predicted octanol–water partition coefficient (Wildman–Crippen LogP) is 2.91. The van der Waals surface area contributed by atoms with Crippen molar-refractivity contribution in [3.8, 4) is 11.4 Å². The number of likely N-dealkylation sites (tertiary alicyclic amines) is 1. The maximum absolute atomic E-state index is 12.1. The number of aromatic nitrogens is 2. The summed E-state index contributed by atoms with van der Waals surface area (Å²) in [6.07, 6.45) is 3.65. The molecule has 0 unspecified atom stereocenters. The average Bonchev–Trinajstić information content (AvgIpc) is 3.11. The predicted molar refractivity (Wildman–Crippen MR) is 100 cm³/mol. The van der Waals surface area contributed by atoms with Crippen LogP contribution in [0.1, 0.15) is 39.0 Å². The lowest BCUT2D eigenvalue weighted by molar-refractivity contribution is -0.126. The molecule has 1 aromatic carbocycles. The van der Waals surface area contributed by atoms with E-state index < -0.39 is 0 Å². The maximum Gasteiger partial charge on any atom is 0.227 e. The fraction of sp³-hybridized carbons (Fsp3) is 0.550. The fourth-order valence-corrected chi connectivity index (χ4v) is 3.34. The van der Waals surface area contributed by atoms with Crippen LogP contribution in [0.15, 0.2) is 34.9 Å². The molecular formula is C20H28N4O2. The van der Waals surface area contributed by atoms with Gasteiger partial charge in [0.1, 0.15) is 0 Å². The molecule has 2 heterocycles. The smallest absolute Gasteiger partial charge is 0.227 e. The van der Waals surface area contributed by atoms with Gasteiger partial charge in [-0.15, -0.1) is 0 Å². The molecule has 1 fully saturated rings. The minimum absolute atomic E-state index is 0.165. The highest BCUT2D eigenvalue weighted by Gasteiger charge is 2.25. The number of benzene rings is 1. The minimum Gasteiger partial charge on any atom is -0.354 e. The number of carbonyl (C=O) groups excluding carboxylic acids is 1. The molecule has 0 bridgehead atoms. The van der Waals surface area contributed by atoms with Crippen LogP contribution in [-0.4, -0.2) is 46.6 Å². The maximum atomic E-state index is 12.1. The number of carbonyl (C=O) groups is 1. The lowest BCUT2D eigenvalue weighted by atomic mass is 9.95. The Balaban J connectivity index is 1.39. The summed E-state index contributed by atoms with van der Waals surface area (Å²) < 4.78 is 5.36. The van der Waals surface area contributed by atoms with Crippen molar-refractivity contribution in [3.63, 3.8) is 0 Å².